The molecule has 3 nitrogen and oxygen atoms in total. The minimum absolute atomic E-state index is 0.0512. The molecule has 1 aliphatic rings. The largest absolute Gasteiger partial charge is 0.216 e. The van der Waals surface area contributed by atoms with Gasteiger partial charge in [-0.05, 0) is 57.1 Å². The number of hydrogen-bond acceptors (Lipinski definition) is 4. The molecule has 1 fully saturated rings. The first kappa shape index (κ1) is 19.2. The van der Waals surface area contributed by atoms with Gasteiger partial charge >= 0.3 is 0 Å². The average molecular weight is 374 g/mol. The molecular weight excluding hydrogens is 346 g/mol. The van der Waals surface area contributed by atoms with Crippen molar-refractivity contribution in [2.45, 2.75) is 55.4 Å². The molecule has 23 heavy (non-hydrogen) atoms. The zero-order valence-corrected chi connectivity index (χ0v) is 16.6. The Balaban J connectivity index is 2.10. The second-order valence-corrected chi connectivity index (χ2v) is 12.3. The maximum Gasteiger partial charge on any atom is 0.216 e. The highest BCUT2D eigenvalue weighted by Crippen LogP contribution is 2.34. The topological polar surface area (TPSA) is 46.2 Å². The van der Waals surface area contributed by atoms with Crippen LogP contribution in [0.2, 0.25) is 0 Å². The maximum atomic E-state index is 12.6. The van der Waals surface area contributed by atoms with Crippen LogP contribution in [0.3, 0.4) is 0 Å². The van der Waals surface area contributed by atoms with Gasteiger partial charge < -0.3 is 0 Å². The molecule has 1 atom stereocenters. The van der Waals surface area contributed by atoms with Gasteiger partial charge in [0.05, 0.1) is 9.33 Å². The first-order valence-electron chi connectivity index (χ1n) is 8.07. The summed E-state index contributed by atoms with van der Waals surface area (Å²) in [6.45, 7) is 5.25. The van der Waals surface area contributed by atoms with Crippen LogP contribution in [0.1, 0.15) is 39.2 Å². The van der Waals surface area contributed by atoms with E-state index in [4.69, 9.17) is 0 Å². The molecule has 0 aromatic heterocycles. The first-order valence-corrected chi connectivity index (χ1v) is 11.6. The van der Waals surface area contributed by atoms with Gasteiger partial charge in [-0.15, -0.1) is 23.5 Å². The summed E-state index contributed by atoms with van der Waals surface area (Å²) in [5.41, 5.74) is 1.18. The number of benzene rings is 1. The number of hydrogen-bond donors (Lipinski definition) is 1. The van der Waals surface area contributed by atoms with Crippen molar-refractivity contribution in [2.75, 3.05) is 11.5 Å². The molecule has 1 aromatic rings. The molecule has 1 heterocycles. The Labute approximate surface area is 149 Å². The number of rotatable bonds is 6. The first-order chi connectivity index (χ1) is 10.8. The summed E-state index contributed by atoms with van der Waals surface area (Å²) in [6.07, 6.45) is 2.87. The van der Waals surface area contributed by atoms with Gasteiger partial charge in [0.2, 0.25) is 10.0 Å². The summed E-state index contributed by atoms with van der Waals surface area (Å²) in [7, 11) is -3.34. The third-order valence-electron chi connectivity index (χ3n) is 3.83. The molecule has 0 amide bonds. The van der Waals surface area contributed by atoms with E-state index < -0.39 is 14.8 Å². The normalized spacial score (nSPS) is 18.7. The van der Waals surface area contributed by atoms with Gasteiger partial charge in [0, 0.05) is 6.04 Å². The Morgan fingerprint density at radius 3 is 2.35 bits per heavy atom. The lowest BCUT2D eigenvalue weighted by Crippen LogP contribution is -2.46. The lowest BCUT2D eigenvalue weighted by atomic mass is 10.1. The Morgan fingerprint density at radius 1 is 1.17 bits per heavy atom. The molecule has 1 aromatic carbocycles. The van der Waals surface area contributed by atoms with E-state index in [-0.39, 0.29) is 6.04 Å². The van der Waals surface area contributed by atoms with Gasteiger partial charge in [-0.1, -0.05) is 30.3 Å². The predicted molar refractivity (Wildman–Crippen MR) is 104 cm³/mol. The molecule has 0 unspecified atom stereocenters. The van der Waals surface area contributed by atoms with Gasteiger partial charge in [0.15, 0.2) is 0 Å². The van der Waals surface area contributed by atoms with Gasteiger partial charge in [-0.3, -0.25) is 0 Å². The Morgan fingerprint density at radius 2 is 1.78 bits per heavy atom. The van der Waals surface area contributed by atoms with Gasteiger partial charge in [-0.2, -0.15) is 0 Å². The molecule has 2 rings (SSSR count). The van der Waals surface area contributed by atoms with E-state index in [1.54, 1.807) is 20.8 Å². The van der Waals surface area contributed by atoms with Gasteiger partial charge in [0.25, 0.3) is 0 Å². The second kappa shape index (κ2) is 8.28. The molecule has 6 heteroatoms. The van der Waals surface area contributed by atoms with E-state index in [2.05, 4.69) is 16.9 Å². The lowest BCUT2D eigenvalue weighted by molar-refractivity contribution is 0.509. The average Bonchev–Trinajstić information content (AvgIpc) is 2.47. The Hall–Kier alpha value is -0.170. The van der Waals surface area contributed by atoms with Crippen LogP contribution in [-0.2, 0) is 16.4 Å². The minimum atomic E-state index is -3.34. The fourth-order valence-corrected chi connectivity index (χ4v) is 6.37. The van der Waals surface area contributed by atoms with Crippen molar-refractivity contribution in [3.8, 4) is 0 Å². The third kappa shape index (κ3) is 6.00. The van der Waals surface area contributed by atoms with Crippen molar-refractivity contribution < 1.29 is 8.42 Å². The number of thioether (sulfide) groups is 2. The Bertz CT molecular complexity index is 576. The third-order valence-corrected chi connectivity index (χ3v) is 9.08. The fraction of sp³-hybridized carbons (Fsp3) is 0.647. The van der Waals surface area contributed by atoms with Crippen LogP contribution in [0.5, 0.6) is 0 Å². The van der Waals surface area contributed by atoms with Crippen LogP contribution in [0.25, 0.3) is 0 Å². The van der Waals surface area contributed by atoms with E-state index in [9.17, 15) is 8.42 Å². The maximum absolute atomic E-state index is 12.6. The van der Waals surface area contributed by atoms with E-state index in [1.807, 2.05) is 41.7 Å². The molecule has 1 aliphatic heterocycles. The number of sulfonamides is 1. The zero-order valence-electron chi connectivity index (χ0n) is 14.1. The van der Waals surface area contributed by atoms with Gasteiger partial charge in [0.1, 0.15) is 0 Å². The number of nitrogens with one attached hydrogen (secondary N) is 1. The minimum Gasteiger partial charge on any atom is -0.212 e. The van der Waals surface area contributed by atoms with Crippen LogP contribution < -0.4 is 4.72 Å². The molecule has 130 valence electrons. The summed E-state index contributed by atoms with van der Waals surface area (Å²) in [5, 5.41) is 0. The fourth-order valence-electron chi connectivity index (χ4n) is 2.37. The van der Waals surface area contributed by atoms with Crippen molar-refractivity contribution in [2.24, 2.45) is 0 Å². The van der Waals surface area contributed by atoms with Crippen molar-refractivity contribution in [3.63, 3.8) is 0 Å². The van der Waals surface area contributed by atoms with Crippen LogP contribution >= 0.6 is 23.5 Å². The monoisotopic (exact) mass is 373 g/mol. The summed E-state index contributed by atoms with van der Waals surface area (Å²) in [4.78, 5) is 0. The van der Waals surface area contributed by atoms with Crippen molar-refractivity contribution in [1.29, 1.82) is 0 Å². The van der Waals surface area contributed by atoms with Crippen LogP contribution in [0, 0.1) is 0 Å². The predicted octanol–water partition coefficient (Wildman–Crippen LogP) is 3.90. The molecule has 0 aliphatic carbocycles. The van der Waals surface area contributed by atoms with Crippen LogP contribution in [0.4, 0.5) is 0 Å². The second-order valence-electron chi connectivity index (χ2n) is 6.88. The molecule has 0 bridgehead atoms. The van der Waals surface area contributed by atoms with Gasteiger partial charge in [-0.25, -0.2) is 13.1 Å². The zero-order chi connectivity index (χ0) is 16.9. The van der Waals surface area contributed by atoms with Crippen LogP contribution in [-0.4, -0.2) is 35.3 Å². The lowest BCUT2D eigenvalue weighted by Gasteiger charge is -2.29. The van der Waals surface area contributed by atoms with Crippen molar-refractivity contribution >= 4 is 33.5 Å². The summed E-state index contributed by atoms with van der Waals surface area (Å²) >= 11 is 3.93. The standard InChI is InChI=1S/C17H27NO2S3/c1-17(2,3)23(19,20)18-15(12-14-8-5-4-6-9-14)13-16-21-10-7-11-22-16/h4-6,8-9,15-16,18H,7,10-13H2,1-3H3/t15-/m1/s1. The quantitative estimate of drug-likeness (QED) is 0.821. The van der Waals surface area contributed by atoms with E-state index in [0.717, 1.165) is 12.8 Å². The van der Waals surface area contributed by atoms with E-state index in [0.29, 0.717) is 4.58 Å². The summed E-state index contributed by atoms with van der Waals surface area (Å²) in [6, 6.07) is 10.1. The van der Waals surface area contributed by atoms with Crippen LogP contribution in [0.15, 0.2) is 30.3 Å². The Kier molecular flexibility index (Phi) is 6.89. The highest BCUT2D eigenvalue weighted by atomic mass is 32.2. The summed E-state index contributed by atoms with van der Waals surface area (Å²) in [5.74, 6) is 2.36. The molecular formula is C17H27NO2S3. The van der Waals surface area contributed by atoms with Crippen molar-refractivity contribution in [3.05, 3.63) is 35.9 Å². The molecule has 1 saturated heterocycles. The highest BCUT2D eigenvalue weighted by molar-refractivity contribution is 8.17. The summed E-state index contributed by atoms with van der Waals surface area (Å²) < 4.78 is 27.8. The molecule has 0 radical (unpaired) electrons. The molecule has 1 N–H and O–H groups in total. The van der Waals surface area contributed by atoms with E-state index >= 15 is 0 Å². The van der Waals surface area contributed by atoms with Crippen molar-refractivity contribution in [1.82, 2.24) is 4.72 Å². The smallest absolute Gasteiger partial charge is 0.212 e. The SMILES string of the molecule is CC(C)(C)S(=O)(=O)N[C@H](Cc1ccccc1)CC1SCCCS1. The van der Waals surface area contributed by atoms with E-state index in [1.165, 1.54) is 23.5 Å². The molecule has 0 spiro atoms. The molecule has 0 saturated carbocycles. The highest BCUT2D eigenvalue weighted by Gasteiger charge is 2.32.